The van der Waals surface area contributed by atoms with Crippen LogP contribution in [0.2, 0.25) is 0 Å². The van der Waals surface area contributed by atoms with E-state index < -0.39 is 5.97 Å². The first-order valence-electron chi connectivity index (χ1n) is 7.81. The lowest BCUT2D eigenvalue weighted by atomic mass is 10.1. The maximum absolute atomic E-state index is 12.8. The van der Waals surface area contributed by atoms with E-state index in [9.17, 15) is 14.7 Å². The summed E-state index contributed by atoms with van der Waals surface area (Å²) in [6, 6.07) is 7.25. The molecular weight excluding hydrogens is 294 g/mol. The van der Waals surface area contributed by atoms with Crippen molar-refractivity contribution in [2.45, 2.75) is 32.7 Å². The van der Waals surface area contributed by atoms with Crippen molar-refractivity contribution in [3.05, 3.63) is 47.5 Å². The van der Waals surface area contributed by atoms with E-state index in [0.29, 0.717) is 23.5 Å². The first-order valence-corrected chi connectivity index (χ1v) is 7.81. The average molecular weight is 313 g/mol. The summed E-state index contributed by atoms with van der Waals surface area (Å²) in [5, 5.41) is 9.36. The molecule has 1 aromatic heterocycles. The molecule has 1 aliphatic rings. The molecule has 1 aromatic carbocycles. The van der Waals surface area contributed by atoms with Crippen LogP contribution in [-0.4, -0.2) is 38.0 Å². The number of carboxylic acid groups (broad SMARTS) is 1. The molecule has 1 N–H and O–H groups in total. The van der Waals surface area contributed by atoms with Crippen LogP contribution >= 0.6 is 0 Å². The highest BCUT2D eigenvalue weighted by Crippen LogP contribution is 2.26. The number of unbranched alkanes of at least 4 members (excludes halogenated alkanes) is 2. The number of amides is 1. The normalized spacial score (nSPS) is 13.4. The van der Waals surface area contributed by atoms with Crippen molar-refractivity contribution in [2.24, 2.45) is 0 Å². The fraction of sp³-hybridized carbons (Fsp3) is 0.353. The molecule has 0 saturated heterocycles. The van der Waals surface area contributed by atoms with Crippen LogP contribution in [0.25, 0.3) is 5.69 Å². The molecule has 2 heterocycles. The Morgan fingerprint density at radius 2 is 2.09 bits per heavy atom. The van der Waals surface area contributed by atoms with Gasteiger partial charge in [0.15, 0.2) is 5.69 Å². The fourth-order valence-electron chi connectivity index (χ4n) is 2.93. The maximum Gasteiger partial charge on any atom is 0.356 e. The van der Waals surface area contributed by atoms with Gasteiger partial charge in [-0.05, 0) is 18.6 Å². The van der Waals surface area contributed by atoms with E-state index in [-0.39, 0.29) is 18.1 Å². The van der Waals surface area contributed by atoms with Crippen molar-refractivity contribution in [1.82, 2.24) is 14.5 Å². The zero-order valence-corrected chi connectivity index (χ0v) is 13.0. The van der Waals surface area contributed by atoms with Gasteiger partial charge in [0.1, 0.15) is 6.33 Å². The SMILES string of the molecule is CCCCCN1Cc2c(C(=O)O)ncn2-c2ccccc2C1=O. The zero-order chi connectivity index (χ0) is 16.4. The van der Waals surface area contributed by atoms with Crippen molar-refractivity contribution in [3.8, 4) is 5.69 Å². The first kappa shape index (κ1) is 15.3. The molecule has 0 aliphatic carbocycles. The number of rotatable bonds is 5. The van der Waals surface area contributed by atoms with Gasteiger partial charge < -0.3 is 10.0 Å². The number of nitrogens with zero attached hydrogens (tertiary/aromatic N) is 3. The van der Waals surface area contributed by atoms with Gasteiger partial charge in [0.25, 0.3) is 5.91 Å². The van der Waals surface area contributed by atoms with E-state index in [1.54, 1.807) is 15.5 Å². The summed E-state index contributed by atoms with van der Waals surface area (Å²) < 4.78 is 1.72. The van der Waals surface area contributed by atoms with Gasteiger partial charge in [-0.25, -0.2) is 9.78 Å². The van der Waals surface area contributed by atoms with Crippen molar-refractivity contribution in [3.63, 3.8) is 0 Å². The van der Waals surface area contributed by atoms with E-state index in [0.717, 1.165) is 19.3 Å². The zero-order valence-electron chi connectivity index (χ0n) is 13.0. The molecule has 2 aromatic rings. The smallest absolute Gasteiger partial charge is 0.356 e. The number of fused-ring (bicyclic) bond motifs is 3. The Bertz CT molecular complexity index is 751. The van der Waals surface area contributed by atoms with Crippen molar-refractivity contribution in [2.75, 3.05) is 6.54 Å². The van der Waals surface area contributed by atoms with E-state index >= 15 is 0 Å². The molecule has 1 aliphatic heterocycles. The predicted molar refractivity (Wildman–Crippen MR) is 84.8 cm³/mol. The summed E-state index contributed by atoms with van der Waals surface area (Å²) in [6.07, 6.45) is 4.49. The van der Waals surface area contributed by atoms with Crippen LogP contribution in [0.4, 0.5) is 0 Å². The van der Waals surface area contributed by atoms with E-state index in [4.69, 9.17) is 0 Å². The third-order valence-electron chi connectivity index (χ3n) is 4.12. The van der Waals surface area contributed by atoms with Crippen LogP contribution in [0.3, 0.4) is 0 Å². The van der Waals surface area contributed by atoms with Gasteiger partial charge >= 0.3 is 5.97 Å². The molecule has 6 heteroatoms. The van der Waals surface area contributed by atoms with E-state index in [1.807, 2.05) is 18.2 Å². The molecule has 0 bridgehead atoms. The highest BCUT2D eigenvalue weighted by Gasteiger charge is 2.29. The van der Waals surface area contributed by atoms with Crippen LogP contribution in [0, 0.1) is 0 Å². The van der Waals surface area contributed by atoms with Gasteiger partial charge in [0.05, 0.1) is 23.5 Å². The minimum atomic E-state index is -1.07. The number of aromatic carboxylic acids is 1. The number of hydrogen-bond donors (Lipinski definition) is 1. The molecule has 0 atom stereocenters. The Hall–Kier alpha value is -2.63. The predicted octanol–water partition coefficient (Wildman–Crippen LogP) is 2.72. The number of hydrogen-bond acceptors (Lipinski definition) is 3. The van der Waals surface area contributed by atoms with E-state index in [2.05, 4.69) is 11.9 Å². The second-order valence-corrected chi connectivity index (χ2v) is 5.67. The van der Waals surface area contributed by atoms with Gasteiger partial charge in [-0.2, -0.15) is 0 Å². The molecule has 6 nitrogen and oxygen atoms in total. The second kappa shape index (κ2) is 6.24. The number of benzene rings is 1. The fourth-order valence-corrected chi connectivity index (χ4v) is 2.93. The minimum absolute atomic E-state index is 0.00925. The lowest BCUT2D eigenvalue weighted by molar-refractivity contribution is 0.0677. The van der Waals surface area contributed by atoms with Gasteiger partial charge in [-0.3, -0.25) is 9.36 Å². The summed E-state index contributed by atoms with van der Waals surface area (Å²) in [5.74, 6) is -1.13. The molecule has 0 spiro atoms. The van der Waals surface area contributed by atoms with Crippen LogP contribution in [0.1, 0.15) is 52.7 Å². The second-order valence-electron chi connectivity index (χ2n) is 5.67. The molecule has 0 unspecified atom stereocenters. The van der Waals surface area contributed by atoms with Crippen LogP contribution in [0.15, 0.2) is 30.6 Å². The van der Waals surface area contributed by atoms with Crippen LogP contribution < -0.4 is 0 Å². The molecule has 120 valence electrons. The minimum Gasteiger partial charge on any atom is -0.476 e. The summed E-state index contributed by atoms with van der Waals surface area (Å²) >= 11 is 0. The van der Waals surface area contributed by atoms with Crippen molar-refractivity contribution < 1.29 is 14.7 Å². The molecule has 3 rings (SSSR count). The highest BCUT2D eigenvalue weighted by atomic mass is 16.4. The monoisotopic (exact) mass is 313 g/mol. The standard InChI is InChI=1S/C17H19N3O3/c1-2-3-6-9-19-10-14-15(17(22)23)18-11-20(14)13-8-5-4-7-12(13)16(19)21/h4-5,7-8,11H,2-3,6,9-10H2,1H3,(H,22,23). The number of aromatic nitrogens is 2. The molecule has 1 amide bonds. The number of imidazole rings is 1. The third-order valence-corrected chi connectivity index (χ3v) is 4.12. The first-order chi connectivity index (χ1) is 11.1. The summed E-state index contributed by atoms with van der Waals surface area (Å²) in [4.78, 5) is 30.0. The number of carbonyl (C=O) groups excluding carboxylic acids is 1. The Labute approximate surface area is 134 Å². The van der Waals surface area contributed by atoms with E-state index in [1.165, 1.54) is 6.33 Å². The Morgan fingerprint density at radius 3 is 2.83 bits per heavy atom. The Balaban J connectivity index is 2.08. The molecule has 0 saturated carbocycles. The maximum atomic E-state index is 12.8. The van der Waals surface area contributed by atoms with Gasteiger partial charge in [0, 0.05) is 6.54 Å². The Kier molecular flexibility index (Phi) is 4.14. The third kappa shape index (κ3) is 2.72. The lowest BCUT2D eigenvalue weighted by Crippen LogP contribution is -2.31. The average Bonchev–Trinajstić information content (AvgIpc) is 2.92. The quantitative estimate of drug-likeness (QED) is 0.861. The van der Waals surface area contributed by atoms with Crippen molar-refractivity contribution >= 4 is 11.9 Å². The molecular formula is C17H19N3O3. The Morgan fingerprint density at radius 1 is 1.30 bits per heavy atom. The number of carboxylic acids is 1. The molecule has 23 heavy (non-hydrogen) atoms. The van der Waals surface area contributed by atoms with Gasteiger partial charge in [-0.15, -0.1) is 0 Å². The van der Waals surface area contributed by atoms with Crippen molar-refractivity contribution in [1.29, 1.82) is 0 Å². The topological polar surface area (TPSA) is 75.4 Å². The highest BCUT2D eigenvalue weighted by molar-refractivity contribution is 5.99. The van der Waals surface area contributed by atoms with Gasteiger partial charge in [-0.1, -0.05) is 31.9 Å². The number of carbonyl (C=O) groups is 2. The summed E-state index contributed by atoms with van der Waals surface area (Å²) in [5.41, 5.74) is 1.82. The molecule has 0 fully saturated rings. The van der Waals surface area contributed by atoms with Gasteiger partial charge in [0.2, 0.25) is 0 Å². The largest absolute Gasteiger partial charge is 0.476 e. The molecule has 0 radical (unpaired) electrons. The summed E-state index contributed by atoms with van der Waals surface area (Å²) in [6.45, 7) is 2.99. The lowest BCUT2D eigenvalue weighted by Gasteiger charge is -2.20. The number of para-hydroxylation sites is 1. The summed E-state index contributed by atoms with van der Waals surface area (Å²) in [7, 11) is 0. The van der Waals surface area contributed by atoms with Crippen LogP contribution in [0.5, 0.6) is 0 Å². The van der Waals surface area contributed by atoms with Crippen LogP contribution in [-0.2, 0) is 6.54 Å².